The molecule has 2 aromatic heterocycles. The molecule has 0 N–H and O–H groups in total. The highest BCUT2D eigenvalue weighted by molar-refractivity contribution is 5.95. The Balaban J connectivity index is 1.14. The summed E-state index contributed by atoms with van der Waals surface area (Å²) in [4.78, 5) is 6.72. The molecule has 0 amide bonds. The van der Waals surface area contributed by atoms with Crippen LogP contribution in [-0.2, 0) is 6.42 Å². The molecular weight excluding hydrogens is 703 g/mol. The smallest absolute Gasteiger partial charge is 0.0540 e. The lowest BCUT2D eigenvalue weighted by Crippen LogP contribution is -2.11. The predicted octanol–water partition coefficient (Wildman–Crippen LogP) is 14.9. The lowest BCUT2D eigenvalue weighted by atomic mass is 9.95. The Kier molecular flexibility index (Phi) is 10.1. The molecule has 280 valence electrons. The highest BCUT2D eigenvalue weighted by atomic mass is 15.1. The summed E-state index contributed by atoms with van der Waals surface area (Å²) in [6.45, 7) is 8.31. The summed E-state index contributed by atoms with van der Waals surface area (Å²) in [5.41, 5.74) is 18.9. The first-order valence-electron chi connectivity index (χ1n) is 20.1. The van der Waals surface area contributed by atoms with Gasteiger partial charge in [0.25, 0.3) is 0 Å². The fourth-order valence-electron chi connectivity index (χ4n) is 8.32. The summed E-state index contributed by atoms with van der Waals surface area (Å²) in [7, 11) is 0. The van der Waals surface area contributed by atoms with E-state index in [4.69, 9.17) is 0 Å². The van der Waals surface area contributed by atoms with E-state index in [0.29, 0.717) is 0 Å². The van der Waals surface area contributed by atoms with Crippen molar-refractivity contribution in [3.8, 4) is 39.1 Å². The second-order valence-electron chi connectivity index (χ2n) is 14.8. The summed E-state index contributed by atoms with van der Waals surface area (Å²) in [5.74, 6) is 0. The number of nitrogens with zero attached hydrogens (tertiary/aromatic N) is 3. The first-order chi connectivity index (χ1) is 28.6. The van der Waals surface area contributed by atoms with E-state index >= 15 is 0 Å². The number of hydrogen-bond acceptors (Lipinski definition) is 2. The Hall–Kier alpha value is -7.23. The largest absolute Gasteiger partial charge is 0.310 e. The zero-order chi connectivity index (χ0) is 39.4. The van der Waals surface area contributed by atoms with Gasteiger partial charge in [-0.3, -0.25) is 4.98 Å². The van der Waals surface area contributed by atoms with Gasteiger partial charge in [0.1, 0.15) is 0 Å². The topological polar surface area (TPSA) is 21.1 Å². The number of aromatic nitrogens is 2. The number of fused-ring (bicyclic) bond motifs is 3. The van der Waals surface area contributed by atoms with Crippen LogP contribution in [0.2, 0.25) is 0 Å². The Labute approximate surface area is 341 Å². The van der Waals surface area contributed by atoms with Crippen molar-refractivity contribution < 1.29 is 0 Å². The molecule has 8 aromatic rings. The number of pyridine rings is 1. The maximum absolute atomic E-state index is 4.36. The zero-order valence-corrected chi connectivity index (χ0v) is 33.0. The Morgan fingerprint density at radius 3 is 2.21 bits per heavy atom. The van der Waals surface area contributed by atoms with E-state index in [9.17, 15) is 0 Å². The number of aryl methyl sites for hydroxylation is 2. The van der Waals surface area contributed by atoms with Gasteiger partial charge in [-0.2, -0.15) is 0 Å². The van der Waals surface area contributed by atoms with Crippen molar-refractivity contribution in [2.45, 2.75) is 26.7 Å². The van der Waals surface area contributed by atoms with Crippen molar-refractivity contribution in [2.24, 2.45) is 0 Å². The second kappa shape index (κ2) is 16.1. The van der Waals surface area contributed by atoms with Crippen molar-refractivity contribution in [3.63, 3.8) is 0 Å². The monoisotopic (exact) mass is 747 g/mol. The summed E-state index contributed by atoms with van der Waals surface area (Å²) < 4.78 is 2.45. The highest BCUT2D eigenvalue weighted by Crippen LogP contribution is 2.43. The summed E-state index contributed by atoms with van der Waals surface area (Å²) >= 11 is 0. The van der Waals surface area contributed by atoms with Crippen LogP contribution in [0.15, 0.2) is 201 Å². The zero-order valence-electron chi connectivity index (χ0n) is 33.0. The van der Waals surface area contributed by atoms with E-state index in [1.54, 1.807) is 0 Å². The van der Waals surface area contributed by atoms with Gasteiger partial charge in [-0.1, -0.05) is 128 Å². The molecule has 58 heavy (non-hydrogen) atoms. The molecule has 1 aliphatic carbocycles. The quantitative estimate of drug-likeness (QED) is 0.130. The molecule has 1 aliphatic rings. The Morgan fingerprint density at radius 2 is 1.43 bits per heavy atom. The molecule has 0 fully saturated rings. The molecule has 0 atom stereocenters. The van der Waals surface area contributed by atoms with Crippen LogP contribution in [0.1, 0.15) is 35.7 Å². The van der Waals surface area contributed by atoms with Crippen LogP contribution >= 0.6 is 0 Å². The molecule has 0 unspecified atom stereocenters. The maximum Gasteiger partial charge on any atom is 0.0540 e. The average molecular weight is 748 g/mol. The molecule has 0 radical (unpaired) electrons. The number of benzene rings is 6. The van der Waals surface area contributed by atoms with E-state index in [-0.39, 0.29) is 0 Å². The third-order valence-electron chi connectivity index (χ3n) is 11.2. The maximum atomic E-state index is 4.36. The van der Waals surface area contributed by atoms with Crippen LogP contribution in [0.4, 0.5) is 17.1 Å². The molecule has 3 heteroatoms. The fourth-order valence-corrected chi connectivity index (χ4v) is 8.32. The molecular formula is C55H45N3. The van der Waals surface area contributed by atoms with Gasteiger partial charge in [-0.15, -0.1) is 0 Å². The predicted molar refractivity (Wildman–Crippen MR) is 247 cm³/mol. The molecule has 0 aliphatic heterocycles. The molecule has 0 saturated carbocycles. The van der Waals surface area contributed by atoms with Gasteiger partial charge in [0.05, 0.1) is 11.2 Å². The van der Waals surface area contributed by atoms with Gasteiger partial charge in [0.15, 0.2) is 0 Å². The summed E-state index contributed by atoms with van der Waals surface area (Å²) in [6.07, 6.45) is 18.5. The molecule has 0 saturated heterocycles. The summed E-state index contributed by atoms with van der Waals surface area (Å²) in [5, 5.41) is 1.33. The molecule has 2 heterocycles. The van der Waals surface area contributed by atoms with Gasteiger partial charge >= 0.3 is 0 Å². The van der Waals surface area contributed by atoms with Crippen LogP contribution in [-0.4, -0.2) is 9.55 Å². The number of hydrogen-bond donors (Lipinski definition) is 0. The highest BCUT2D eigenvalue weighted by Gasteiger charge is 2.21. The minimum Gasteiger partial charge on any atom is -0.310 e. The van der Waals surface area contributed by atoms with E-state index in [2.05, 4.69) is 198 Å². The molecule has 0 spiro atoms. The minimum atomic E-state index is 1.04. The van der Waals surface area contributed by atoms with Crippen molar-refractivity contribution >= 4 is 39.6 Å². The Bertz CT molecular complexity index is 2850. The number of anilines is 3. The second-order valence-corrected chi connectivity index (χ2v) is 14.8. The minimum absolute atomic E-state index is 1.04. The third kappa shape index (κ3) is 6.93. The van der Waals surface area contributed by atoms with E-state index in [1.807, 2.05) is 37.5 Å². The van der Waals surface area contributed by atoms with E-state index in [1.165, 1.54) is 44.5 Å². The first-order valence-corrected chi connectivity index (χ1v) is 20.1. The fraction of sp³-hybridized carbons (Fsp3) is 0.0727. The van der Waals surface area contributed by atoms with E-state index in [0.717, 1.165) is 63.3 Å². The third-order valence-corrected chi connectivity index (χ3v) is 11.2. The van der Waals surface area contributed by atoms with Crippen LogP contribution in [0.5, 0.6) is 0 Å². The van der Waals surface area contributed by atoms with Gasteiger partial charge in [0.2, 0.25) is 0 Å². The lowest BCUT2D eigenvalue weighted by molar-refractivity contribution is 0.964. The van der Waals surface area contributed by atoms with Crippen LogP contribution in [0.25, 0.3) is 61.6 Å². The summed E-state index contributed by atoms with van der Waals surface area (Å²) in [6, 6.07) is 55.1. The number of para-hydroxylation sites is 2. The lowest BCUT2D eigenvalue weighted by Gasteiger charge is -2.28. The van der Waals surface area contributed by atoms with Gasteiger partial charge < -0.3 is 9.47 Å². The van der Waals surface area contributed by atoms with Crippen molar-refractivity contribution in [1.29, 1.82) is 0 Å². The molecule has 9 rings (SSSR count). The number of allylic oxidation sites excluding steroid dienone is 6. The van der Waals surface area contributed by atoms with Crippen molar-refractivity contribution in [1.82, 2.24) is 9.55 Å². The molecule has 6 aromatic carbocycles. The first kappa shape index (κ1) is 36.4. The van der Waals surface area contributed by atoms with E-state index < -0.39 is 0 Å². The van der Waals surface area contributed by atoms with Gasteiger partial charge in [-0.25, -0.2) is 0 Å². The average Bonchev–Trinajstić information content (AvgIpc) is 3.61. The Morgan fingerprint density at radius 1 is 0.707 bits per heavy atom. The molecule has 3 nitrogen and oxygen atoms in total. The SMILES string of the molecule is C=C/C(=C\C=C/C)c1ccc(N(c2ccc(-c3cccnc3)cc2)c2ccccc2-c2cccc(-c3ccc4c(c3)c3c(n4-c4ccccc4C)C=CCC3)c2)cc1. The van der Waals surface area contributed by atoms with Gasteiger partial charge in [0, 0.05) is 46.1 Å². The van der Waals surface area contributed by atoms with Crippen LogP contribution < -0.4 is 4.90 Å². The van der Waals surface area contributed by atoms with Crippen molar-refractivity contribution in [3.05, 3.63) is 223 Å². The normalized spacial score (nSPS) is 12.6. The van der Waals surface area contributed by atoms with Crippen LogP contribution in [0.3, 0.4) is 0 Å². The van der Waals surface area contributed by atoms with Crippen molar-refractivity contribution in [2.75, 3.05) is 4.90 Å². The van der Waals surface area contributed by atoms with Crippen LogP contribution in [0, 0.1) is 6.92 Å². The van der Waals surface area contributed by atoms with Gasteiger partial charge in [-0.05, 0) is 144 Å². The number of rotatable bonds is 10. The molecule has 0 bridgehead atoms. The standard InChI is InChI=1S/C55H45N3/c1-4-6-16-40(5-2)41-25-30-47(31-26-41)57(48-32-27-42(28-33-48)46-19-14-35-56-38-46)53-23-11-8-20-49(53)45-18-13-17-43(36-45)44-29-34-55-51(37-44)50-21-9-12-24-54(50)58(55)52-22-10-7-15-39(52)3/h4-8,10-20,22-38H,2,9,21H2,1,3H3/b6-4-,40-16+.